The van der Waals surface area contributed by atoms with Crippen molar-refractivity contribution in [3.63, 3.8) is 0 Å². The highest BCUT2D eigenvalue weighted by Gasteiger charge is 2.44. The van der Waals surface area contributed by atoms with Gasteiger partial charge in [0.2, 0.25) is 0 Å². The van der Waals surface area contributed by atoms with Crippen LogP contribution in [0.25, 0.3) is 0 Å². The maximum absolute atomic E-state index is 10.6. The lowest BCUT2D eigenvalue weighted by molar-refractivity contribution is 0.00347. The number of nitrogens with zero attached hydrogens (tertiary/aromatic N) is 1. The van der Waals surface area contributed by atoms with Crippen molar-refractivity contribution in [1.29, 1.82) is 0 Å². The van der Waals surface area contributed by atoms with E-state index in [0.717, 1.165) is 25.9 Å². The zero-order valence-electron chi connectivity index (χ0n) is 9.29. The first kappa shape index (κ1) is 10.4. The largest absolute Gasteiger partial charge is 0.387 e. The van der Waals surface area contributed by atoms with E-state index in [1.54, 1.807) is 0 Å². The Bertz CT molecular complexity index is 191. The van der Waals surface area contributed by atoms with Crippen molar-refractivity contribution in [1.82, 2.24) is 10.2 Å². The fraction of sp³-hybridized carbons (Fsp3) is 1.00. The van der Waals surface area contributed by atoms with E-state index >= 15 is 0 Å². The van der Waals surface area contributed by atoms with Gasteiger partial charge in [0.15, 0.2) is 0 Å². The van der Waals surface area contributed by atoms with Crippen LogP contribution in [0.2, 0.25) is 0 Å². The van der Waals surface area contributed by atoms with E-state index in [4.69, 9.17) is 0 Å². The highest BCUT2D eigenvalue weighted by atomic mass is 16.3. The second-order valence-electron chi connectivity index (χ2n) is 5.07. The molecule has 3 heteroatoms. The molecule has 0 spiro atoms. The van der Waals surface area contributed by atoms with E-state index in [2.05, 4.69) is 24.2 Å². The summed E-state index contributed by atoms with van der Waals surface area (Å²) in [6.45, 7) is 4.09. The van der Waals surface area contributed by atoms with E-state index in [1.807, 2.05) is 0 Å². The van der Waals surface area contributed by atoms with Gasteiger partial charge in [0.1, 0.15) is 0 Å². The molecule has 0 radical (unpaired) electrons. The molecule has 0 aromatic carbocycles. The summed E-state index contributed by atoms with van der Waals surface area (Å²) in [7, 11) is 2.10. The van der Waals surface area contributed by atoms with E-state index < -0.39 is 5.60 Å². The van der Waals surface area contributed by atoms with Gasteiger partial charge >= 0.3 is 0 Å². The third kappa shape index (κ3) is 1.81. The highest BCUT2D eigenvalue weighted by Crippen LogP contribution is 2.31. The number of likely N-dealkylation sites (tertiary alicyclic amines) is 1. The molecule has 2 rings (SSSR count). The van der Waals surface area contributed by atoms with Crippen LogP contribution in [0, 0.1) is 0 Å². The van der Waals surface area contributed by atoms with Crippen molar-refractivity contribution in [2.24, 2.45) is 0 Å². The van der Waals surface area contributed by atoms with Crippen LogP contribution in [0.5, 0.6) is 0 Å². The van der Waals surface area contributed by atoms with Gasteiger partial charge in [-0.3, -0.25) is 0 Å². The molecule has 2 aliphatic heterocycles. The van der Waals surface area contributed by atoms with Crippen LogP contribution in [-0.4, -0.2) is 47.8 Å². The van der Waals surface area contributed by atoms with Crippen LogP contribution < -0.4 is 5.32 Å². The van der Waals surface area contributed by atoms with Gasteiger partial charge in [-0.05, 0) is 39.8 Å². The van der Waals surface area contributed by atoms with Crippen LogP contribution in [0.4, 0.5) is 0 Å². The second-order valence-corrected chi connectivity index (χ2v) is 5.07. The zero-order chi connectivity index (χ0) is 10.2. The normalized spacial score (nSPS) is 45.6. The smallest absolute Gasteiger partial charge is 0.0940 e. The number of hydrogen-bond donors (Lipinski definition) is 2. The topological polar surface area (TPSA) is 35.5 Å². The Morgan fingerprint density at radius 1 is 1.43 bits per heavy atom. The molecule has 82 valence electrons. The number of aliphatic hydroxyl groups is 1. The lowest BCUT2D eigenvalue weighted by Crippen LogP contribution is -2.54. The lowest BCUT2D eigenvalue weighted by atomic mass is 9.86. The van der Waals surface area contributed by atoms with Gasteiger partial charge < -0.3 is 15.3 Å². The number of nitrogens with one attached hydrogen (secondary N) is 1. The molecule has 0 bridgehead atoms. The summed E-state index contributed by atoms with van der Waals surface area (Å²) in [5.74, 6) is 0. The molecule has 3 nitrogen and oxygen atoms in total. The van der Waals surface area contributed by atoms with Gasteiger partial charge in [0, 0.05) is 18.6 Å². The second kappa shape index (κ2) is 3.80. The average molecular weight is 198 g/mol. The van der Waals surface area contributed by atoms with E-state index in [0.29, 0.717) is 12.1 Å². The Labute approximate surface area is 86.5 Å². The molecule has 2 fully saturated rings. The first-order valence-electron chi connectivity index (χ1n) is 5.78. The molecule has 0 aromatic rings. The number of rotatable bonds is 1. The van der Waals surface area contributed by atoms with Gasteiger partial charge in [0.05, 0.1) is 5.60 Å². The average Bonchev–Trinajstić information content (AvgIpc) is 2.44. The molecule has 0 aliphatic carbocycles. The Morgan fingerprint density at radius 3 is 2.71 bits per heavy atom. The van der Waals surface area contributed by atoms with E-state index in [-0.39, 0.29) is 0 Å². The van der Waals surface area contributed by atoms with Crippen LogP contribution in [0.3, 0.4) is 0 Å². The molecule has 3 unspecified atom stereocenters. The predicted octanol–water partition coefficient (Wildman–Crippen LogP) is 0.584. The molecule has 14 heavy (non-hydrogen) atoms. The number of likely N-dealkylation sites (N-methyl/N-ethyl adjacent to an activating group) is 1. The molecule has 2 saturated heterocycles. The summed E-state index contributed by atoms with van der Waals surface area (Å²) in [6.07, 6.45) is 4.58. The maximum Gasteiger partial charge on any atom is 0.0940 e. The van der Waals surface area contributed by atoms with Gasteiger partial charge in [-0.25, -0.2) is 0 Å². The lowest BCUT2D eigenvalue weighted by Gasteiger charge is -2.36. The Kier molecular flexibility index (Phi) is 2.82. The van der Waals surface area contributed by atoms with Gasteiger partial charge in [-0.15, -0.1) is 0 Å². The summed E-state index contributed by atoms with van der Waals surface area (Å²) < 4.78 is 0. The molecule has 3 atom stereocenters. The Morgan fingerprint density at radius 2 is 2.21 bits per heavy atom. The Balaban J connectivity index is 2.01. The molecule has 0 saturated carbocycles. The fourth-order valence-electron chi connectivity index (χ4n) is 2.88. The number of hydrogen-bond acceptors (Lipinski definition) is 3. The first-order chi connectivity index (χ1) is 6.62. The quantitative estimate of drug-likeness (QED) is 0.647. The third-order valence-electron chi connectivity index (χ3n) is 3.88. The van der Waals surface area contributed by atoms with Crippen molar-refractivity contribution in [3.8, 4) is 0 Å². The molecular formula is C11H22N2O. The van der Waals surface area contributed by atoms with Gasteiger partial charge in [-0.2, -0.15) is 0 Å². The minimum Gasteiger partial charge on any atom is -0.387 e. The van der Waals surface area contributed by atoms with Crippen molar-refractivity contribution >= 4 is 0 Å². The number of piperidine rings is 1. The SMILES string of the molecule is CC1CC(O)(C2CCCCN2)CN1C. The van der Waals surface area contributed by atoms with Crippen LogP contribution >= 0.6 is 0 Å². The van der Waals surface area contributed by atoms with Crippen molar-refractivity contribution in [2.45, 2.75) is 50.3 Å². The number of β-amino-alcohol motifs (C(OH)–C–C–N with tert-alkyl or cyclic N) is 1. The molecular weight excluding hydrogens is 176 g/mol. The minimum absolute atomic E-state index is 0.323. The summed E-state index contributed by atoms with van der Waals surface area (Å²) in [5.41, 5.74) is -0.478. The van der Waals surface area contributed by atoms with Gasteiger partial charge in [0.25, 0.3) is 0 Å². The van der Waals surface area contributed by atoms with E-state index in [1.165, 1.54) is 12.8 Å². The summed E-state index contributed by atoms with van der Waals surface area (Å²) >= 11 is 0. The molecule has 0 amide bonds. The third-order valence-corrected chi connectivity index (χ3v) is 3.88. The summed E-state index contributed by atoms with van der Waals surface area (Å²) in [6, 6.07) is 0.840. The highest BCUT2D eigenvalue weighted by molar-refractivity contribution is 5.02. The zero-order valence-corrected chi connectivity index (χ0v) is 9.29. The molecule has 2 N–H and O–H groups in total. The minimum atomic E-state index is -0.478. The molecule has 0 aromatic heterocycles. The monoisotopic (exact) mass is 198 g/mol. The van der Waals surface area contributed by atoms with Crippen LogP contribution in [-0.2, 0) is 0 Å². The summed E-state index contributed by atoms with van der Waals surface area (Å²) in [5, 5.41) is 14.0. The standard InChI is InChI=1S/C11H22N2O/c1-9-7-11(14,8-13(9)2)10-5-3-4-6-12-10/h9-10,12,14H,3-8H2,1-2H3. The maximum atomic E-state index is 10.6. The first-order valence-corrected chi connectivity index (χ1v) is 5.78. The molecule has 2 heterocycles. The fourth-order valence-corrected chi connectivity index (χ4v) is 2.88. The van der Waals surface area contributed by atoms with Crippen LogP contribution in [0.15, 0.2) is 0 Å². The van der Waals surface area contributed by atoms with Gasteiger partial charge in [-0.1, -0.05) is 6.42 Å². The Hall–Kier alpha value is -0.120. The van der Waals surface area contributed by atoms with Crippen molar-refractivity contribution < 1.29 is 5.11 Å². The summed E-state index contributed by atoms with van der Waals surface area (Å²) in [4.78, 5) is 2.26. The molecule has 2 aliphatic rings. The van der Waals surface area contributed by atoms with Crippen molar-refractivity contribution in [3.05, 3.63) is 0 Å². The van der Waals surface area contributed by atoms with Crippen molar-refractivity contribution in [2.75, 3.05) is 20.1 Å². The van der Waals surface area contributed by atoms with E-state index in [9.17, 15) is 5.11 Å². The van der Waals surface area contributed by atoms with Crippen LogP contribution in [0.1, 0.15) is 32.6 Å². The predicted molar refractivity (Wildman–Crippen MR) is 57.3 cm³/mol.